The van der Waals surface area contributed by atoms with Crippen LogP contribution in [0.4, 0.5) is 13.2 Å². The Morgan fingerprint density at radius 2 is 1.75 bits per heavy atom. The van der Waals surface area contributed by atoms with E-state index in [1.54, 1.807) is 23.5 Å². The van der Waals surface area contributed by atoms with Crippen molar-refractivity contribution in [2.45, 2.75) is 16.4 Å². The van der Waals surface area contributed by atoms with Gasteiger partial charge in [0.1, 0.15) is 0 Å². The topological polar surface area (TPSA) is 15.3 Å². The average Bonchev–Trinajstić information content (AvgIpc) is 3.03. The molecule has 0 saturated carbocycles. The SMILES string of the molecule is Cl.FC(F)(F)Sc1ccc([C@@H](c2cccs2)N2CCNCC2)cc1. The minimum atomic E-state index is -4.24. The monoisotopic (exact) mass is 394 g/mol. The molecule has 1 aromatic carbocycles. The quantitative estimate of drug-likeness (QED) is 0.751. The second kappa shape index (κ2) is 8.58. The molecule has 1 aliphatic rings. The summed E-state index contributed by atoms with van der Waals surface area (Å²) in [6.07, 6.45) is 0. The van der Waals surface area contributed by atoms with Crippen LogP contribution in [0.15, 0.2) is 46.7 Å². The number of rotatable bonds is 4. The summed E-state index contributed by atoms with van der Waals surface area (Å²) in [7, 11) is 0. The highest BCUT2D eigenvalue weighted by atomic mass is 35.5. The summed E-state index contributed by atoms with van der Waals surface area (Å²) in [5.74, 6) is 0. The zero-order valence-corrected chi connectivity index (χ0v) is 15.2. The van der Waals surface area contributed by atoms with Crippen molar-refractivity contribution in [3.8, 4) is 0 Å². The molecular weight excluding hydrogens is 377 g/mol. The van der Waals surface area contributed by atoms with Crippen LogP contribution in [0.3, 0.4) is 0 Å². The average molecular weight is 395 g/mol. The largest absolute Gasteiger partial charge is 0.446 e. The molecule has 1 atom stereocenters. The van der Waals surface area contributed by atoms with Crippen LogP contribution in [-0.2, 0) is 0 Å². The summed E-state index contributed by atoms with van der Waals surface area (Å²) in [5.41, 5.74) is -3.20. The van der Waals surface area contributed by atoms with Gasteiger partial charge in [0.25, 0.3) is 0 Å². The van der Waals surface area contributed by atoms with Gasteiger partial charge in [-0.05, 0) is 40.9 Å². The van der Waals surface area contributed by atoms with Crippen LogP contribution in [0, 0.1) is 0 Å². The van der Waals surface area contributed by atoms with Gasteiger partial charge in [0.2, 0.25) is 0 Å². The van der Waals surface area contributed by atoms with Crippen LogP contribution < -0.4 is 5.32 Å². The van der Waals surface area contributed by atoms with Gasteiger partial charge in [0.05, 0.1) is 6.04 Å². The maximum absolute atomic E-state index is 12.5. The fraction of sp³-hybridized carbons (Fsp3) is 0.375. The fourth-order valence-electron chi connectivity index (χ4n) is 2.79. The molecule has 1 N–H and O–H groups in total. The maximum atomic E-state index is 12.5. The van der Waals surface area contributed by atoms with Crippen LogP contribution in [0.5, 0.6) is 0 Å². The first kappa shape index (κ1) is 19.6. The lowest BCUT2D eigenvalue weighted by molar-refractivity contribution is -0.0328. The van der Waals surface area contributed by atoms with E-state index in [9.17, 15) is 13.2 Å². The lowest BCUT2D eigenvalue weighted by Gasteiger charge is -2.34. The smallest absolute Gasteiger partial charge is 0.314 e. The van der Waals surface area contributed by atoms with Crippen LogP contribution in [0.1, 0.15) is 16.5 Å². The number of alkyl halides is 3. The predicted octanol–water partition coefficient (Wildman–Crippen LogP) is 4.78. The van der Waals surface area contributed by atoms with E-state index in [0.29, 0.717) is 0 Å². The Balaban J connectivity index is 0.00000208. The molecule has 2 nitrogen and oxygen atoms in total. The van der Waals surface area contributed by atoms with Crippen molar-refractivity contribution >= 4 is 35.5 Å². The van der Waals surface area contributed by atoms with Gasteiger partial charge in [-0.2, -0.15) is 13.2 Å². The highest BCUT2D eigenvalue weighted by Gasteiger charge is 2.29. The van der Waals surface area contributed by atoms with Gasteiger partial charge in [-0.25, -0.2) is 0 Å². The van der Waals surface area contributed by atoms with Crippen molar-refractivity contribution in [2.24, 2.45) is 0 Å². The van der Waals surface area contributed by atoms with Gasteiger partial charge in [-0.1, -0.05) is 18.2 Å². The van der Waals surface area contributed by atoms with Crippen LogP contribution in [0.2, 0.25) is 0 Å². The molecule has 8 heteroatoms. The van der Waals surface area contributed by atoms with E-state index in [2.05, 4.69) is 16.3 Å². The Labute approximate surface area is 153 Å². The first-order valence-corrected chi connectivity index (χ1v) is 9.06. The predicted molar refractivity (Wildman–Crippen MR) is 96.2 cm³/mol. The van der Waals surface area contributed by atoms with E-state index in [4.69, 9.17) is 0 Å². The second-order valence-electron chi connectivity index (χ2n) is 5.32. The number of nitrogens with one attached hydrogen (secondary N) is 1. The number of hydrogen-bond acceptors (Lipinski definition) is 4. The fourth-order valence-corrected chi connectivity index (χ4v) is 4.22. The summed E-state index contributed by atoms with van der Waals surface area (Å²) in [6.45, 7) is 3.73. The number of benzene rings is 1. The summed E-state index contributed by atoms with van der Waals surface area (Å²) in [5, 5.41) is 5.37. The highest BCUT2D eigenvalue weighted by Crippen LogP contribution is 2.38. The van der Waals surface area contributed by atoms with Gasteiger partial charge in [0.15, 0.2) is 0 Å². The highest BCUT2D eigenvalue weighted by molar-refractivity contribution is 8.00. The third-order valence-electron chi connectivity index (χ3n) is 3.76. The number of thioether (sulfide) groups is 1. The Bertz CT molecular complexity index is 611. The van der Waals surface area contributed by atoms with Gasteiger partial charge < -0.3 is 5.32 Å². The zero-order chi connectivity index (χ0) is 16.3. The van der Waals surface area contributed by atoms with E-state index < -0.39 is 5.51 Å². The summed E-state index contributed by atoms with van der Waals surface area (Å²) in [4.78, 5) is 3.84. The van der Waals surface area contributed by atoms with Crippen molar-refractivity contribution in [2.75, 3.05) is 26.2 Å². The lowest BCUT2D eigenvalue weighted by atomic mass is 10.0. The molecule has 1 aliphatic heterocycles. The molecule has 1 fully saturated rings. The van der Waals surface area contributed by atoms with E-state index in [1.807, 2.05) is 23.6 Å². The first-order chi connectivity index (χ1) is 11.0. The molecule has 24 heavy (non-hydrogen) atoms. The Hall–Kier alpha value is -0.730. The summed E-state index contributed by atoms with van der Waals surface area (Å²) in [6, 6.07) is 11.0. The summed E-state index contributed by atoms with van der Waals surface area (Å²) >= 11 is 1.62. The molecule has 1 aromatic heterocycles. The molecule has 0 amide bonds. The molecule has 0 aliphatic carbocycles. The Morgan fingerprint density at radius 3 is 2.29 bits per heavy atom. The molecule has 0 radical (unpaired) electrons. The van der Waals surface area contributed by atoms with E-state index >= 15 is 0 Å². The molecular formula is C16H18ClF3N2S2. The second-order valence-corrected chi connectivity index (χ2v) is 7.44. The molecule has 2 aromatic rings. The minimum absolute atomic E-state index is 0. The molecule has 0 bridgehead atoms. The molecule has 0 unspecified atom stereocenters. The zero-order valence-electron chi connectivity index (χ0n) is 12.8. The van der Waals surface area contributed by atoms with Crippen molar-refractivity contribution in [3.05, 3.63) is 52.2 Å². The van der Waals surface area contributed by atoms with Gasteiger partial charge in [-0.3, -0.25) is 4.90 Å². The van der Waals surface area contributed by atoms with Crippen LogP contribution >= 0.6 is 35.5 Å². The molecule has 132 valence electrons. The number of hydrogen-bond donors (Lipinski definition) is 1. The van der Waals surface area contributed by atoms with Crippen molar-refractivity contribution in [1.29, 1.82) is 0 Å². The van der Waals surface area contributed by atoms with Gasteiger partial charge >= 0.3 is 5.51 Å². The van der Waals surface area contributed by atoms with Gasteiger partial charge in [-0.15, -0.1) is 23.7 Å². The minimum Gasteiger partial charge on any atom is -0.314 e. The number of thiophene rings is 1. The van der Waals surface area contributed by atoms with Crippen LogP contribution in [-0.4, -0.2) is 36.6 Å². The normalized spacial score (nSPS) is 17.3. The Kier molecular flexibility index (Phi) is 7.00. The third kappa shape index (κ3) is 5.13. The molecule has 2 heterocycles. The lowest BCUT2D eigenvalue weighted by Crippen LogP contribution is -2.45. The first-order valence-electron chi connectivity index (χ1n) is 7.37. The van der Waals surface area contributed by atoms with E-state index in [-0.39, 0.29) is 35.1 Å². The molecule has 0 spiro atoms. The number of halogens is 4. The van der Waals surface area contributed by atoms with E-state index in [1.165, 1.54) is 4.88 Å². The standard InChI is InChI=1S/C16H17F3N2S2.ClH/c17-16(18,19)23-13-5-3-12(4-6-13)15(14-2-1-11-22-14)21-9-7-20-8-10-21;/h1-6,11,15,20H,7-10H2;1H/t15-;/m0./s1. The number of nitrogens with zero attached hydrogens (tertiary/aromatic N) is 1. The molecule has 1 saturated heterocycles. The van der Waals surface area contributed by atoms with Crippen LogP contribution in [0.25, 0.3) is 0 Å². The van der Waals surface area contributed by atoms with E-state index in [0.717, 1.165) is 31.7 Å². The Morgan fingerprint density at radius 1 is 1.08 bits per heavy atom. The maximum Gasteiger partial charge on any atom is 0.446 e. The molecule has 3 rings (SSSR count). The number of piperazine rings is 1. The van der Waals surface area contributed by atoms with Gasteiger partial charge in [0, 0.05) is 36.0 Å². The third-order valence-corrected chi connectivity index (χ3v) is 5.42. The van der Waals surface area contributed by atoms with Crippen molar-refractivity contribution in [1.82, 2.24) is 10.2 Å². The summed E-state index contributed by atoms with van der Waals surface area (Å²) < 4.78 is 37.4. The van der Waals surface area contributed by atoms with Crippen molar-refractivity contribution < 1.29 is 13.2 Å². The van der Waals surface area contributed by atoms with Crippen molar-refractivity contribution in [3.63, 3.8) is 0 Å².